The molecule has 0 N–H and O–H groups in total. The maximum Gasteiger partial charge on any atom is 0.340 e. The van der Waals surface area contributed by atoms with Gasteiger partial charge >= 0.3 is 11.6 Å². The minimum Gasteiger partial charge on any atom is -0.473 e. The fraction of sp³-hybridized carbons (Fsp3) is 0.238. The Morgan fingerprint density at radius 1 is 1.24 bits per heavy atom. The molecule has 0 saturated carbocycles. The van der Waals surface area contributed by atoms with Crippen LogP contribution in [-0.4, -0.2) is 19.8 Å². The zero-order valence-corrected chi connectivity index (χ0v) is 15.8. The van der Waals surface area contributed by atoms with Crippen LogP contribution in [0.5, 0.6) is 5.75 Å². The maximum absolute atomic E-state index is 14.2. The molecule has 1 aliphatic heterocycles. The highest BCUT2D eigenvalue weighted by Gasteiger charge is 2.25. The van der Waals surface area contributed by atoms with Crippen LogP contribution in [0.1, 0.15) is 16.7 Å². The minimum absolute atomic E-state index is 0.0602. The molecule has 0 radical (unpaired) electrons. The Labute approximate surface area is 164 Å². The lowest BCUT2D eigenvalue weighted by molar-refractivity contribution is -0.139. The number of halogens is 2. The van der Waals surface area contributed by atoms with Crippen LogP contribution < -0.4 is 15.3 Å². The quantitative estimate of drug-likeness (QED) is 0.495. The zero-order valence-electron chi connectivity index (χ0n) is 15.8. The number of ether oxygens (including phenoxy) is 2. The van der Waals surface area contributed by atoms with Crippen molar-refractivity contribution in [2.75, 3.05) is 18.7 Å². The molecule has 0 atom stereocenters. The topological polar surface area (TPSA) is 69.0 Å². The molecule has 8 heteroatoms. The molecule has 150 valence electrons. The summed E-state index contributed by atoms with van der Waals surface area (Å²) in [4.78, 5) is 25.7. The molecular formula is C21H17F2NO5. The molecular weight excluding hydrogens is 384 g/mol. The van der Waals surface area contributed by atoms with Gasteiger partial charge in [-0.3, -0.25) is 4.79 Å². The van der Waals surface area contributed by atoms with Gasteiger partial charge < -0.3 is 18.8 Å². The zero-order chi connectivity index (χ0) is 20.7. The highest BCUT2D eigenvalue weighted by molar-refractivity contribution is 5.87. The first-order chi connectivity index (χ1) is 13.9. The second kappa shape index (κ2) is 7.20. The van der Waals surface area contributed by atoms with Crippen LogP contribution in [0.3, 0.4) is 0 Å². The van der Waals surface area contributed by atoms with Crippen molar-refractivity contribution in [2.24, 2.45) is 0 Å². The van der Waals surface area contributed by atoms with Gasteiger partial charge in [0, 0.05) is 11.5 Å². The molecule has 4 rings (SSSR count). The van der Waals surface area contributed by atoms with Crippen LogP contribution in [0, 0.1) is 18.6 Å². The van der Waals surface area contributed by atoms with Crippen LogP contribution >= 0.6 is 0 Å². The Kier molecular flexibility index (Phi) is 4.70. The van der Waals surface area contributed by atoms with Gasteiger partial charge in [-0.15, -0.1) is 0 Å². The van der Waals surface area contributed by atoms with Gasteiger partial charge in [0.25, 0.3) is 0 Å². The standard InChI is InChI=1S/C21H17F2NO5/c1-11-13-4-6-18-15(20(13)29-21(26)14(11)8-19(25)27-2)9-24(10-28-18)17-5-3-12(22)7-16(17)23/h3-7H,8-10H2,1-2H3. The molecule has 0 aliphatic carbocycles. The molecule has 0 fully saturated rings. The Bertz CT molecular complexity index is 1190. The summed E-state index contributed by atoms with van der Waals surface area (Å²) in [6.07, 6.45) is -0.193. The summed E-state index contributed by atoms with van der Waals surface area (Å²) in [5, 5.41) is 0.646. The lowest BCUT2D eigenvalue weighted by Crippen LogP contribution is -2.32. The molecule has 0 spiro atoms. The van der Waals surface area contributed by atoms with Gasteiger partial charge in [0.1, 0.15) is 23.0 Å². The lowest BCUT2D eigenvalue weighted by Gasteiger charge is -2.31. The second-order valence-corrected chi connectivity index (χ2v) is 6.73. The van der Waals surface area contributed by atoms with Crippen molar-refractivity contribution >= 4 is 22.6 Å². The van der Waals surface area contributed by atoms with E-state index >= 15 is 0 Å². The van der Waals surface area contributed by atoms with Crippen LogP contribution in [0.15, 0.2) is 39.5 Å². The second-order valence-electron chi connectivity index (χ2n) is 6.73. The predicted molar refractivity (Wildman–Crippen MR) is 101 cm³/mol. The Balaban J connectivity index is 1.80. The fourth-order valence-electron chi connectivity index (χ4n) is 3.47. The molecule has 0 unspecified atom stereocenters. The average Bonchev–Trinajstić information content (AvgIpc) is 2.70. The molecule has 2 heterocycles. The number of hydrogen-bond donors (Lipinski definition) is 0. The van der Waals surface area contributed by atoms with Gasteiger partial charge in [0.05, 0.1) is 36.9 Å². The largest absolute Gasteiger partial charge is 0.473 e. The number of anilines is 1. The van der Waals surface area contributed by atoms with E-state index in [1.807, 2.05) is 0 Å². The van der Waals surface area contributed by atoms with E-state index in [1.54, 1.807) is 24.0 Å². The van der Waals surface area contributed by atoms with E-state index in [0.29, 0.717) is 27.8 Å². The van der Waals surface area contributed by atoms with E-state index in [9.17, 15) is 18.4 Å². The SMILES string of the molecule is COC(=O)Cc1c(C)c2ccc3c(c2oc1=O)CN(c1ccc(F)cc1F)CO3. The summed E-state index contributed by atoms with van der Waals surface area (Å²) in [5.41, 5.74) is 1.25. The normalized spacial score (nSPS) is 13.2. The van der Waals surface area contributed by atoms with Crippen molar-refractivity contribution in [2.45, 2.75) is 19.9 Å². The Morgan fingerprint density at radius 3 is 2.76 bits per heavy atom. The van der Waals surface area contributed by atoms with E-state index in [1.165, 1.54) is 19.2 Å². The van der Waals surface area contributed by atoms with Crippen molar-refractivity contribution in [1.82, 2.24) is 0 Å². The molecule has 0 amide bonds. The van der Waals surface area contributed by atoms with E-state index < -0.39 is 23.2 Å². The fourth-order valence-corrected chi connectivity index (χ4v) is 3.47. The van der Waals surface area contributed by atoms with E-state index in [0.717, 1.165) is 6.07 Å². The highest BCUT2D eigenvalue weighted by atomic mass is 19.1. The molecule has 3 aromatic rings. The summed E-state index contributed by atoms with van der Waals surface area (Å²) in [7, 11) is 1.25. The van der Waals surface area contributed by atoms with Crippen LogP contribution in [0.25, 0.3) is 11.0 Å². The van der Waals surface area contributed by atoms with E-state index in [-0.39, 0.29) is 30.9 Å². The number of carbonyl (C=O) groups is 1. The van der Waals surface area contributed by atoms with Gasteiger partial charge in [-0.1, -0.05) is 0 Å². The number of hydrogen-bond acceptors (Lipinski definition) is 6. The number of esters is 1. The summed E-state index contributed by atoms with van der Waals surface area (Å²) >= 11 is 0. The van der Waals surface area contributed by atoms with Gasteiger partial charge in [0.2, 0.25) is 0 Å². The summed E-state index contributed by atoms with van der Waals surface area (Å²) in [6.45, 7) is 1.99. The molecule has 2 aromatic carbocycles. The third-order valence-electron chi connectivity index (χ3n) is 5.04. The Morgan fingerprint density at radius 2 is 2.03 bits per heavy atom. The summed E-state index contributed by atoms with van der Waals surface area (Å²) < 4.78 is 43.3. The smallest absolute Gasteiger partial charge is 0.340 e. The van der Waals surface area contributed by atoms with Crippen molar-refractivity contribution in [3.63, 3.8) is 0 Å². The first kappa shape index (κ1) is 18.9. The minimum atomic E-state index is -0.713. The molecule has 6 nitrogen and oxygen atoms in total. The number of methoxy groups -OCH3 is 1. The van der Waals surface area contributed by atoms with Crippen LogP contribution in [0.4, 0.5) is 14.5 Å². The number of carbonyl (C=O) groups excluding carboxylic acids is 1. The van der Waals surface area contributed by atoms with Gasteiger partial charge in [-0.05, 0) is 36.8 Å². The van der Waals surface area contributed by atoms with E-state index in [4.69, 9.17) is 9.15 Å². The highest BCUT2D eigenvalue weighted by Crippen LogP contribution is 2.35. The van der Waals surface area contributed by atoms with Gasteiger partial charge in [0.15, 0.2) is 6.73 Å². The molecule has 29 heavy (non-hydrogen) atoms. The molecule has 1 aliphatic rings. The maximum atomic E-state index is 14.2. The summed E-state index contributed by atoms with van der Waals surface area (Å²) in [6, 6.07) is 6.80. The monoisotopic (exact) mass is 401 g/mol. The molecule has 0 saturated heterocycles. The van der Waals surface area contributed by atoms with Gasteiger partial charge in [-0.2, -0.15) is 0 Å². The van der Waals surface area contributed by atoms with Gasteiger partial charge in [-0.25, -0.2) is 13.6 Å². The first-order valence-electron chi connectivity index (χ1n) is 8.87. The number of aryl methyl sites for hydroxylation is 1. The van der Waals surface area contributed by atoms with Crippen molar-refractivity contribution in [3.8, 4) is 5.75 Å². The number of fused-ring (bicyclic) bond motifs is 3. The first-order valence-corrected chi connectivity index (χ1v) is 8.87. The van der Waals surface area contributed by atoms with Crippen molar-refractivity contribution in [3.05, 3.63) is 69.1 Å². The number of rotatable bonds is 3. The van der Waals surface area contributed by atoms with E-state index in [2.05, 4.69) is 4.74 Å². The van der Waals surface area contributed by atoms with Crippen molar-refractivity contribution in [1.29, 1.82) is 0 Å². The molecule has 1 aromatic heterocycles. The number of nitrogens with zero attached hydrogens (tertiary/aromatic N) is 1. The lowest BCUT2D eigenvalue weighted by atomic mass is 10.00. The third kappa shape index (κ3) is 3.30. The van der Waals surface area contributed by atoms with Crippen LogP contribution in [-0.2, 0) is 22.5 Å². The average molecular weight is 401 g/mol. The Hall–Kier alpha value is -3.42. The number of benzene rings is 2. The summed E-state index contributed by atoms with van der Waals surface area (Å²) in [5.74, 6) is -1.41. The van der Waals surface area contributed by atoms with Crippen LogP contribution in [0.2, 0.25) is 0 Å². The molecule has 0 bridgehead atoms. The predicted octanol–water partition coefficient (Wildman–Crippen LogP) is 3.45. The van der Waals surface area contributed by atoms with Crippen molar-refractivity contribution < 1.29 is 27.5 Å². The third-order valence-corrected chi connectivity index (χ3v) is 5.04.